The van der Waals surface area contributed by atoms with E-state index in [4.69, 9.17) is 0 Å². The van der Waals surface area contributed by atoms with Gasteiger partial charge in [-0.2, -0.15) is 0 Å². The zero-order chi connectivity index (χ0) is 9.47. The fraction of sp³-hybridized carbons (Fsp3) is 0.455. The number of fused-ring (bicyclic) bond motifs is 1. The monoisotopic (exact) mass is 177 g/mol. The maximum atomic E-state index is 9.34. The number of rotatable bonds is 0. The second-order valence-electron chi connectivity index (χ2n) is 4.37. The maximum absolute atomic E-state index is 9.34. The van der Waals surface area contributed by atoms with E-state index >= 15 is 0 Å². The van der Waals surface area contributed by atoms with Crippen LogP contribution in [0.25, 0.3) is 0 Å². The van der Waals surface area contributed by atoms with E-state index in [-0.39, 0.29) is 5.54 Å². The van der Waals surface area contributed by atoms with Crippen LogP contribution in [0, 0.1) is 0 Å². The number of benzene rings is 1. The third-order valence-corrected chi connectivity index (χ3v) is 2.58. The third-order valence-electron chi connectivity index (χ3n) is 2.58. The van der Waals surface area contributed by atoms with Gasteiger partial charge in [-0.25, -0.2) is 0 Å². The molecule has 0 spiro atoms. The minimum atomic E-state index is 0.154. The number of nitrogens with one attached hydrogen (secondary N) is 1. The Hall–Kier alpha value is -1.02. The van der Waals surface area contributed by atoms with Crippen molar-refractivity contribution in [3.63, 3.8) is 0 Å². The van der Waals surface area contributed by atoms with E-state index in [0.717, 1.165) is 13.0 Å². The van der Waals surface area contributed by atoms with Crippen molar-refractivity contribution in [3.8, 4) is 5.75 Å². The summed E-state index contributed by atoms with van der Waals surface area (Å²) in [5, 5.41) is 12.8. The van der Waals surface area contributed by atoms with E-state index < -0.39 is 0 Å². The lowest BCUT2D eigenvalue weighted by Crippen LogP contribution is -2.44. The van der Waals surface area contributed by atoms with Gasteiger partial charge in [0.2, 0.25) is 0 Å². The largest absolute Gasteiger partial charge is 0.508 e. The molecule has 2 rings (SSSR count). The van der Waals surface area contributed by atoms with E-state index in [1.807, 2.05) is 12.1 Å². The zero-order valence-electron chi connectivity index (χ0n) is 8.09. The van der Waals surface area contributed by atoms with Gasteiger partial charge in [0.05, 0.1) is 0 Å². The lowest BCUT2D eigenvalue weighted by Gasteiger charge is -2.32. The third kappa shape index (κ3) is 1.68. The highest BCUT2D eigenvalue weighted by Gasteiger charge is 2.24. The second-order valence-corrected chi connectivity index (χ2v) is 4.37. The number of phenolic OH excluding ortho intramolecular Hbond substituents is 1. The first-order chi connectivity index (χ1) is 6.07. The molecule has 1 aliphatic heterocycles. The van der Waals surface area contributed by atoms with Crippen LogP contribution in [-0.2, 0) is 13.0 Å². The van der Waals surface area contributed by atoms with Crippen LogP contribution >= 0.6 is 0 Å². The zero-order valence-corrected chi connectivity index (χ0v) is 8.09. The Morgan fingerprint density at radius 3 is 2.85 bits per heavy atom. The molecule has 1 aromatic carbocycles. The summed E-state index contributed by atoms with van der Waals surface area (Å²) in [4.78, 5) is 0. The lowest BCUT2D eigenvalue weighted by molar-refractivity contribution is 0.361. The fourth-order valence-corrected chi connectivity index (χ4v) is 1.82. The molecular weight excluding hydrogens is 162 g/mol. The molecule has 0 aliphatic carbocycles. The molecule has 70 valence electrons. The summed E-state index contributed by atoms with van der Waals surface area (Å²) in [5.74, 6) is 0.372. The van der Waals surface area contributed by atoms with E-state index in [1.54, 1.807) is 6.07 Å². The molecule has 1 heterocycles. The average molecular weight is 177 g/mol. The van der Waals surface area contributed by atoms with Gasteiger partial charge < -0.3 is 10.4 Å². The smallest absolute Gasteiger partial charge is 0.115 e. The summed E-state index contributed by atoms with van der Waals surface area (Å²) in [6.07, 6.45) is 0.983. The first kappa shape index (κ1) is 8.57. The summed E-state index contributed by atoms with van der Waals surface area (Å²) in [6.45, 7) is 5.27. The first-order valence-corrected chi connectivity index (χ1v) is 4.63. The van der Waals surface area contributed by atoms with Gasteiger partial charge in [-0.15, -0.1) is 0 Å². The van der Waals surface area contributed by atoms with E-state index in [0.29, 0.717) is 5.75 Å². The Bertz CT molecular complexity index is 331. The molecule has 1 aliphatic rings. The molecule has 1 aromatic rings. The molecule has 13 heavy (non-hydrogen) atoms. The lowest BCUT2D eigenvalue weighted by atomic mass is 9.88. The summed E-state index contributed by atoms with van der Waals surface area (Å²) in [5.41, 5.74) is 2.72. The predicted octanol–water partition coefficient (Wildman–Crippen LogP) is 1.82. The summed E-state index contributed by atoms with van der Waals surface area (Å²) in [7, 11) is 0. The Labute approximate surface area is 78.6 Å². The van der Waals surface area contributed by atoms with Crippen LogP contribution in [0.5, 0.6) is 5.75 Å². The summed E-state index contributed by atoms with van der Waals surface area (Å²) in [6, 6.07) is 5.61. The minimum Gasteiger partial charge on any atom is -0.508 e. The molecule has 0 unspecified atom stereocenters. The molecule has 2 heteroatoms. The Kier molecular flexibility index (Phi) is 1.81. The quantitative estimate of drug-likeness (QED) is 0.633. The molecule has 0 atom stereocenters. The molecule has 0 fully saturated rings. The van der Waals surface area contributed by atoms with E-state index in [2.05, 4.69) is 19.2 Å². The van der Waals surface area contributed by atoms with Crippen molar-refractivity contribution in [2.75, 3.05) is 0 Å². The predicted molar refractivity (Wildman–Crippen MR) is 52.7 cm³/mol. The van der Waals surface area contributed by atoms with Crippen molar-refractivity contribution in [1.29, 1.82) is 0 Å². The molecule has 0 amide bonds. The van der Waals surface area contributed by atoms with Gasteiger partial charge in [0, 0.05) is 12.1 Å². The van der Waals surface area contributed by atoms with Gasteiger partial charge in [0.1, 0.15) is 5.75 Å². The first-order valence-electron chi connectivity index (χ1n) is 4.63. The van der Waals surface area contributed by atoms with Gasteiger partial charge in [-0.1, -0.05) is 6.07 Å². The fourth-order valence-electron chi connectivity index (χ4n) is 1.82. The van der Waals surface area contributed by atoms with Gasteiger partial charge in [-0.05, 0) is 43.5 Å². The summed E-state index contributed by atoms with van der Waals surface area (Å²) < 4.78 is 0. The summed E-state index contributed by atoms with van der Waals surface area (Å²) >= 11 is 0. The highest BCUT2D eigenvalue weighted by atomic mass is 16.3. The van der Waals surface area contributed by atoms with Crippen LogP contribution in [0.4, 0.5) is 0 Å². The number of hydrogen-bond donors (Lipinski definition) is 2. The molecule has 0 saturated carbocycles. The molecule has 2 N–H and O–H groups in total. The van der Waals surface area contributed by atoms with E-state index in [1.165, 1.54) is 11.1 Å². The van der Waals surface area contributed by atoms with Crippen molar-refractivity contribution in [3.05, 3.63) is 29.3 Å². The van der Waals surface area contributed by atoms with Crippen molar-refractivity contribution in [2.24, 2.45) is 0 Å². The Morgan fingerprint density at radius 1 is 1.31 bits per heavy atom. The Balaban J connectivity index is 2.38. The van der Waals surface area contributed by atoms with Crippen molar-refractivity contribution >= 4 is 0 Å². The SMILES string of the molecule is CC1(C)Cc2cc(O)ccc2CN1. The van der Waals surface area contributed by atoms with Crippen LogP contribution in [0.2, 0.25) is 0 Å². The Morgan fingerprint density at radius 2 is 2.08 bits per heavy atom. The minimum absolute atomic E-state index is 0.154. The van der Waals surface area contributed by atoms with Crippen molar-refractivity contribution in [2.45, 2.75) is 32.4 Å². The van der Waals surface area contributed by atoms with E-state index in [9.17, 15) is 5.11 Å². The molecule has 0 bridgehead atoms. The standard InChI is InChI=1S/C11H15NO/c1-11(2)6-9-5-10(13)4-3-8(9)7-12-11/h3-5,12-13H,6-7H2,1-2H3. The number of phenols is 1. The molecular formula is C11H15NO. The van der Waals surface area contributed by atoms with Gasteiger partial charge in [0.15, 0.2) is 0 Å². The van der Waals surface area contributed by atoms with Gasteiger partial charge in [0.25, 0.3) is 0 Å². The van der Waals surface area contributed by atoms with Crippen LogP contribution in [-0.4, -0.2) is 10.6 Å². The molecule has 2 nitrogen and oxygen atoms in total. The number of hydrogen-bond acceptors (Lipinski definition) is 2. The van der Waals surface area contributed by atoms with Gasteiger partial charge in [-0.3, -0.25) is 0 Å². The van der Waals surface area contributed by atoms with Gasteiger partial charge >= 0.3 is 0 Å². The maximum Gasteiger partial charge on any atom is 0.115 e. The highest BCUT2D eigenvalue weighted by molar-refractivity contribution is 5.37. The van der Waals surface area contributed by atoms with Crippen LogP contribution in [0.3, 0.4) is 0 Å². The molecule has 0 aromatic heterocycles. The van der Waals surface area contributed by atoms with Crippen LogP contribution in [0.1, 0.15) is 25.0 Å². The highest BCUT2D eigenvalue weighted by Crippen LogP contribution is 2.25. The number of aromatic hydroxyl groups is 1. The topological polar surface area (TPSA) is 32.3 Å². The second kappa shape index (κ2) is 2.74. The van der Waals surface area contributed by atoms with Crippen molar-refractivity contribution < 1.29 is 5.11 Å². The van der Waals surface area contributed by atoms with Crippen LogP contribution in [0.15, 0.2) is 18.2 Å². The van der Waals surface area contributed by atoms with Crippen molar-refractivity contribution in [1.82, 2.24) is 5.32 Å². The molecule has 0 saturated heterocycles. The molecule has 0 radical (unpaired) electrons. The normalized spacial score (nSPS) is 19.5. The average Bonchev–Trinajstić information content (AvgIpc) is 2.01. The van der Waals surface area contributed by atoms with Crippen LogP contribution < -0.4 is 5.32 Å².